The lowest BCUT2D eigenvalue weighted by Gasteiger charge is -2.12. The van der Waals surface area contributed by atoms with Crippen molar-refractivity contribution in [1.29, 1.82) is 5.41 Å². The molecule has 0 radical (unpaired) electrons. The van der Waals surface area contributed by atoms with Crippen LogP contribution in [0.15, 0.2) is 21.5 Å². The molecule has 0 aromatic rings. The number of hydrazone groups is 1. The van der Waals surface area contributed by atoms with E-state index in [0.29, 0.717) is 5.82 Å². The average Bonchev–Trinajstić information content (AvgIpc) is 2.05. The zero-order chi connectivity index (χ0) is 9.56. The van der Waals surface area contributed by atoms with E-state index >= 15 is 0 Å². The molecule has 0 spiro atoms. The van der Waals surface area contributed by atoms with Crippen LogP contribution in [0.25, 0.3) is 0 Å². The normalized spacial score (nSPS) is 9.50. The Morgan fingerprint density at radius 1 is 1.58 bits per heavy atom. The van der Waals surface area contributed by atoms with E-state index in [1.54, 1.807) is 0 Å². The third-order valence-corrected chi connectivity index (χ3v) is 1.14. The molecule has 3 N–H and O–H groups in total. The van der Waals surface area contributed by atoms with E-state index < -0.39 is 0 Å². The number of hydrogen-bond acceptors (Lipinski definition) is 3. The molecular weight excluding hydrogens is 154 g/mol. The van der Waals surface area contributed by atoms with Gasteiger partial charge in [0.05, 0.1) is 6.34 Å². The molecule has 5 heteroatoms. The van der Waals surface area contributed by atoms with Crippen LogP contribution in [0.3, 0.4) is 0 Å². The Labute approximate surface area is 71.8 Å². The highest BCUT2D eigenvalue weighted by Crippen LogP contribution is 2.08. The first-order valence-electron chi connectivity index (χ1n) is 3.35. The van der Waals surface area contributed by atoms with Crippen LogP contribution in [0.1, 0.15) is 13.8 Å². The largest absolute Gasteiger partial charge is 0.390 e. The molecule has 5 nitrogen and oxygen atoms in total. The first-order chi connectivity index (χ1) is 5.67. The minimum absolute atomic E-state index is 0.516. The van der Waals surface area contributed by atoms with Crippen molar-refractivity contribution in [3.05, 3.63) is 11.4 Å². The third kappa shape index (κ3) is 2.53. The molecular formula is C7H13N5. The van der Waals surface area contributed by atoms with E-state index in [4.69, 9.17) is 11.1 Å². The standard InChI is InChI=1S/C7H13N5/c1-6(2)7(11-4-8)12(5-9)10-3/h4-5,9H,3H2,1-2H3,(H2,8,11). The van der Waals surface area contributed by atoms with E-state index in [-0.39, 0.29) is 0 Å². The average molecular weight is 167 g/mol. The highest BCUT2D eigenvalue weighted by Gasteiger charge is 2.03. The molecule has 0 aliphatic rings. The topological polar surface area (TPSA) is 77.8 Å². The van der Waals surface area contributed by atoms with Gasteiger partial charge in [-0.05, 0) is 19.4 Å². The zero-order valence-electron chi connectivity index (χ0n) is 7.28. The van der Waals surface area contributed by atoms with Crippen LogP contribution in [0.5, 0.6) is 0 Å². The molecule has 0 saturated carbocycles. The molecule has 0 saturated heterocycles. The Kier molecular flexibility index (Phi) is 4.36. The van der Waals surface area contributed by atoms with Gasteiger partial charge in [0.1, 0.15) is 6.34 Å². The summed E-state index contributed by atoms with van der Waals surface area (Å²) in [6, 6.07) is 0. The second kappa shape index (κ2) is 5.06. The van der Waals surface area contributed by atoms with Gasteiger partial charge in [0.2, 0.25) is 0 Å². The Morgan fingerprint density at radius 2 is 2.17 bits per heavy atom. The molecule has 0 bridgehead atoms. The molecule has 0 fully saturated rings. The van der Waals surface area contributed by atoms with Crippen molar-refractivity contribution in [2.45, 2.75) is 13.8 Å². The van der Waals surface area contributed by atoms with Gasteiger partial charge in [0.25, 0.3) is 0 Å². The van der Waals surface area contributed by atoms with Crippen molar-refractivity contribution < 1.29 is 0 Å². The van der Waals surface area contributed by atoms with Gasteiger partial charge in [-0.15, -0.1) is 0 Å². The fraction of sp³-hybridized carbons (Fsp3) is 0.286. The number of rotatable bonds is 4. The lowest BCUT2D eigenvalue weighted by atomic mass is 10.3. The number of allylic oxidation sites excluding steroid dienone is 1. The van der Waals surface area contributed by atoms with Crippen LogP contribution in [-0.4, -0.2) is 24.4 Å². The summed E-state index contributed by atoms with van der Waals surface area (Å²) in [5.41, 5.74) is 6.03. The van der Waals surface area contributed by atoms with E-state index in [0.717, 1.165) is 18.3 Å². The smallest absolute Gasteiger partial charge is 0.155 e. The van der Waals surface area contributed by atoms with Crippen LogP contribution >= 0.6 is 0 Å². The Morgan fingerprint density at radius 3 is 2.42 bits per heavy atom. The molecule has 66 valence electrons. The molecule has 0 aromatic carbocycles. The highest BCUT2D eigenvalue weighted by molar-refractivity contribution is 5.59. The van der Waals surface area contributed by atoms with Crippen LogP contribution in [0.2, 0.25) is 0 Å². The number of aliphatic imine (C=N–C) groups is 1. The maximum absolute atomic E-state index is 6.98. The van der Waals surface area contributed by atoms with Crippen molar-refractivity contribution in [2.24, 2.45) is 15.8 Å². The second-order valence-electron chi connectivity index (χ2n) is 2.22. The molecule has 0 unspecified atom stereocenters. The molecule has 0 heterocycles. The monoisotopic (exact) mass is 167 g/mol. The van der Waals surface area contributed by atoms with E-state index in [1.807, 2.05) is 13.8 Å². The van der Waals surface area contributed by atoms with Gasteiger partial charge in [0.15, 0.2) is 5.82 Å². The van der Waals surface area contributed by atoms with Crippen LogP contribution in [0, 0.1) is 5.41 Å². The molecule has 0 rings (SSSR count). The predicted octanol–water partition coefficient (Wildman–Crippen LogP) is 0.749. The maximum atomic E-state index is 6.98. The summed E-state index contributed by atoms with van der Waals surface area (Å²) in [7, 11) is 0. The molecule has 12 heavy (non-hydrogen) atoms. The first-order valence-corrected chi connectivity index (χ1v) is 3.35. The van der Waals surface area contributed by atoms with Crippen molar-refractivity contribution in [2.75, 3.05) is 0 Å². The molecule has 0 amide bonds. The fourth-order valence-electron chi connectivity index (χ4n) is 0.657. The lowest BCUT2D eigenvalue weighted by Crippen LogP contribution is -2.14. The van der Waals surface area contributed by atoms with Gasteiger partial charge in [-0.1, -0.05) is 0 Å². The summed E-state index contributed by atoms with van der Waals surface area (Å²) in [4.78, 5) is 3.84. The SMILES string of the molecule is C=NN(C=N)C(N=CN)=C(C)C. The Hall–Kier alpha value is -1.65. The first kappa shape index (κ1) is 10.3. The van der Waals surface area contributed by atoms with Gasteiger partial charge in [-0.3, -0.25) is 5.41 Å². The lowest BCUT2D eigenvalue weighted by molar-refractivity contribution is 0.555. The summed E-state index contributed by atoms with van der Waals surface area (Å²) >= 11 is 0. The number of hydrogen-bond donors (Lipinski definition) is 2. The zero-order valence-corrected chi connectivity index (χ0v) is 7.28. The molecule has 0 atom stereocenters. The number of nitrogens with one attached hydrogen (secondary N) is 1. The van der Waals surface area contributed by atoms with Gasteiger partial charge >= 0.3 is 0 Å². The summed E-state index contributed by atoms with van der Waals surface area (Å²) < 4.78 is 0. The predicted molar refractivity (Wildman–Crippen MR) is 51.2 cm³/mol. The van der Waals surface area contributed by atoms with Gasteiger partial charge < -0.3 is 5.73 Å². The molecule has 0 aliphatic carbocycles. The maximum Gasteiger partial charge on any atom is 0.155 e. The van der Waals surface area contributed by atoms with Gasteiger partial charge in [0, 0.05) is 6.72 Å². The van der Waals surface area contributed by atoms with E-state index in [9.17, 15) is 0 Å². The highest BCUT2D eigenvalue weighted by atomic mass is 15.5. The van der Waals surface area contributed by atoms with Crippen LogP contribution in [0.4, 0.5) is 0 Å². The number of nitrogens with zero attached hydrogens (tertiary/aromatic N) is 3. The summed E-state index contributed by atoms with van der Waals surface area (Å²) in [5.74, 6) is 0.516. The van der Waals surface area contributed by atoms with E-state index in [2.05, 4.69) is 16.8 Å². The molecule has 0 aromatic heterocycles. The van der Waals surface area contributed by atoms with Crippen LogP contribution < -0.4 is 5.73 Å². The molecule has 0 aliphatic heterocycles. The minimum Gasteiger partial charge on any atom is -0.390 e. The van der Waals surface area contributed by atoms with Gasteiger partial charge in [-0.25, -0.2) is 10.0 Å². The minimum atomic E-state index is 0.516. The van der Waals surface area contributed by atoms with Crippen molar-refractivity contribution in [1.82, 2.24) is 5.01 Å². The Balaban J connectivity index is 4.85. The van der Waals surface area contributed by atoms with Crippen molar-refractivity contribution in [3.8, 4) is 0 Å². The number of nitrogens with two attached hydrogens (primary N) is 1. The third-order valence-electron chi connectivity index (χ3n) is 1.14. The summed E-state index contributed by atoms with van der Waals surface area (Å²) in [6.45, 7) is 7.00. The van der Waals surface area contributed by atoms with E-state index in [1.165, 1.54) is 5.01 Å². The van der Waals surface area contributed by atoms with Gasteiger partial charge in [-0.2, -0.15) is 5.10 Å². The summed E-state index contributed by atoms with van der Waals surface area (Å²) in [6.07, 6.45) is 2.17. The summed E-state index contributed by atoms with van der Waals surface area (Å²) in [5, 5.41) is 11.8. The van der Waals surface area contributed by atoms with Crippen molar-refractivity contribution >= 4 is 19.4 Å². The Bertz CT molecular complexity index is 216. The van der Waals surface area contributed by atoms with Crippen molar-refractivity contribution in [3.63, 3.8) is 0 Å². The quantitative estimate of drug-likeness (QED) is 0.368. The fourth-order valence-corrected chi connectivity index (χ4v) is 0.657. The second-order valence-corrected chi connectivity index (χ2v) is 2.22. The van der Waals surface area contributed by atoms with Crippen LogP contribution in [-0.2, 0) is 0 Å².